The van der Waals surface area contributed by atoms with Gasteiger partial charge in [-0.15, -0.1) is 0 Å². The van der Waals surface area contributed by atoms with Crippen molar-refractivity contribution in [3.63, 3.8) is 0 Å². The molecule has 1 rings (SSSR count). The van der Waals surface area contributed by atoms with Crippen molar-refractivity contribution in [1.29, 1.82) is 0 Å². The molecule has 0 saturated heterocycles. The van der Waals surface area contributed by atoms with Gasteiger partial charge in [-0.05, 0) is 39.8 Å². The highest BCUT2D eigenvalue weighted by Gasteiger charge is 2.28. The van der Waals surface area contributed by atoms with E-state index in [9.17, 15) is 0 Å². The quantitative estimate of drug-likeness (QED) is 0.725. The molecular formula is C14H30N2. The van der Waals surface area contributed by atoms with E-state index in [1.165, 1.54) is 38.6 Å². The Hall–Kier alpha value is -0.0800. The average molecular weight is 226 g/mol. The van der Waals surface area contributed by atoms with Gasteiger partial charge in [-0.2, -0.15) is 0 Å². The second kappa shape index (κ2) is 7.29. The van der Waals surface area contributed by atoms with Gasteiger partial charge < -0.3 is 5.32 Å². The first-order valence-electron chi connectivity index (χ1n) is 7.19. The van der Waals surface area contributed by atoms with E-state index in [0.29, 0.717) is 6.04 Å². The molecule has 2 nitrogen and oxygen atoms in total. The third kappa shape index (κ3) is 3.74. The molecule has 1 N–H and O–H groups in total. The van der Waals surface area contributed by atoms with Crippen LogP contribution in [0.3, 0.4) is 0 Å². The molecule has 96 valence electrons. The van der Waals surface area contributed by atoms with Crippen LogP contribution in [-0.4, -0.2) is 36.1 Å². The van der Waals surface area contributed by atoms with Crippen molar-refractivity contribution in [2.75, 3.05) is 13.1 Å². The first kappa shape index (κ1) is 14.0. The summed E-state index contributed by atoms with van der Waals surface area (Å²) in [5.41, 5.74) is 0. The van der Waals surface area contributed by atoms with Gasteiger partial charge in [0.2, 0.25) is 0 Å². The summed E-state index contributed by atoms with van der Waals surface area (Å²) in [6.07, 6.45) is 6.99. The second-order valence-corrected chi connectivity index (χ2v) is 5.29. The standard InChI is InChI=1S/C14H30N2/c1-5-15-13-10-8-7-9-11-14(13)16(6-2)12(3)4/h12-15H,5-11H2,1-4H3. The molecule has 0 aromatic heterocycles. The molecule has 0 radical (unpaired) electrons. The molecule has 16 heavy (non-hydrogen) atoms. The highest BCUT2D eigenvalue weighted by Crippen LogP contribution is 2.23. The van der Waals surface area contributed by atoms with Crippen molar-refractivity contribution in [2.24, 2.45) is 0 Å². The van der Waals surface area contributed by atoms with Crippen LogP contribution in [0.1, 0.15) is 59.8 Å². The van der Waals surface area contributed by atoms with Crippen LogP contribution in [-0.2, 0) is 0 Å². The van der Waals surface area contributed by atoms with Gasteiger partial charge in [0, 0.05) is 18.1 Å². The van der Waals surface area contributed by atoms with Gasteiger partial charge in [0.05, 0.1) is 0 Å². The largest absolute Gasteiger partial charge is 0.313 e. The third-order valence-electron chi connectivity index (χ3n) is 3.90. The van der Waals surface area contributed by atoms with Crippen LogP contribution in [0.5, 0.6) is 0 Å². The fourth-order valence-electron chi connectivity index (χ4n) is 3.17. The van der Waals surface area contributed by atoms with Crippen LogP contribution in [0.15, 0.2) is 0 Å². The van der Waals surface area contributed by atoms with Crippen LogP contribution >= 0.6 is 0 Å². The lowest BCUT2D eigenvalue weighted by Gasteiger charge is -2.38. The van der Waals surface area contributed by atoms with Crippen molar-refractivity contribution >= 4 is 0 Å². The highest BCUT2D eigenvalue weighted by molar-refractivity contribution is 4.87. The van der Waals surface area contributed by atoms with Gasteiger partial charge in [0.1, 0.15) is 0 Å². The molecule has 1 saturated carbocycles. The Morgan fingerprint density at radius 1 is 1.12 bits per heavy atom. The molecule has 0 amide bonds. The van der Waals surface area contributed by atoms with Gasteiger partial charge in [-0.1, -0.05) is 33.1 Å². The van der Waals surface area contributed by atoms with E-state index in [1.807, 2.05) is 0 Å². The molecule has 0 bridgehead atoms. The lowest BCUT2D eigenvalue weighted by molar-refractivity contribution is 0.121. The number of likely N-dealkylation sites (N-methyl/N-ethyl adjacent to an activating group) is 2. The maximum absolute atomic E-state index is 3.70. The lowest BCUT2D eigenvalue weighted by Crippen LogP contribution is -2.51. The molecule has 0 aromatic carbocycles. The van der Waals surface area contributed by atoms with E-state index >= 15 is 0 Å². The van der Waals surface area contributed by atoms with Crippen molar-refractivity contribution in [3.8, 4) is 0 Å². The number of nitrogens with zero attached hydrogens (tertiary/aromatic N) is 1. The minimum atomic E-state index is 0.675. The van der Waals surface area contributed by atoms with Crippen molar-refractivity contribution in [1.82, 2.24) is 10.2 Å². The molecular weight excluding hydrogens is 196 g/mol. The molecule has 1 fully saturated rings. The first-order chi connectivity index (χ1) is 7.70. The highest BCUT2D eigenvalue weighted by atomic mass is 15.2. The number of hydrogen-bond acceptors (Lipinski definition) is 2. The van der Waals surface area contributed by atoms with E-state index in [1.54, 1.807) is 0 Å². The van der Waals surface area contributed by atoms with E-state index in [0.717, 1.165) is 18.6 Å². The Labute approximate surface area is 102 Å². The molecule has 2 atom stereocenters. The number of rotatable bonds is 5. The SMILES string of the molecule is CCNC1CCCCCC1N(CC)C(C)C. The van der Waals surface area contributed by atoms with E-state index in [-0.39, 0.29) is 0 Å². The van der Waals surface area contributed by atoms with Crippen molar-refractivity contribution in [3.05, 3.63) is 0 Å². The number of nitrogens with one attached hydrogen (secondary N) is 1. The Kier molecular flexibility index (Phi) is 6.37. The van der Waals surface area contributed by atoms with E-state index < -0.39 is 0 Å². The maximum Gasteiger partial charge on any atom is 0.0251 e. The lowest BCUT2D eigenvalue weighted by atomic mass is 9.99. The Morgan fingerprint density at radius 2 is 1.81 bits per heavy atom. The summed E-state index contributed by atoms with van der Waals surface area (Å²) in [4.78, 5) is 2.68. The van der Waals surface area contributed by atoms with Crippen molar-refractivity contribution in [2.45, 2.75) is 77.9 Å². The Balaban J connectivity index is 2.68. The first-order valence-corrected chi connectivity index (χ1v) is 7.19. The van der Waals surface area contributed by atoms with Crippen LogP contribution < -0.4 is 5.32 Å². The predicted octanol–water partition coefficient (Wildman–Crippen LogP) is 3.03. The van der Waals surface area contributed by atoms with Gasteiger partial charge in [-0.25, -0.2) is 0 Å². The molecule has 1 aliphatic carbocycles. The fraction of sp³-hybridized carbons (Fsp3) is 1.00. The second-order valence-electron chi connectivity index (χ2n) is 5.29. The molecule has 0 spiro atoms. The smallest absolute Gasteiger partial charge is 0.0251 e. The molecule has 0 aliphatic heterocycles. The van der Waals surface area contributed by atoms with E-state index in [2.05, 4.69) is 37.9 Å². The van der Waals surface area contributed by atoms with Crippen LogP contribution in [0.4, 0.5) is 0 Å². The normalized spacial score (nSPS) is 27.4. The summed E-state index contributed by atoms with van der Waals surface area (Å²) in [6, 6.07) is 2.15. The minimum Gasteiger partial charge on any atom is -0.313 e. The zero-order valence-electron chi connectivity index (χ0n) is 11.6. The molecule has 2 heteroatoms. The Bertz CT molecular complexity index is 180. The zero-order chi connectivity index (χ0) is 12.0. The average Bonchev–Trinajstić information content (AvgIpc) is 2.46. The zero-order valence-corrected chi connectivity index (χ0v) is 11.6. The van der Waals surface area contributed by atoms with Crippen LogP contribution in [0.25, 0.3) is 0 Å². The van der Waals surface area contributed by atoms with Crippen molar-refractivity contribution < 1.29 is 0 Å². The summed E-state index contributed by atoms with van der Waals surface area (Å²) in [7, 11) is 0. The Morgan fingerprint density at radius 3 is 2.38 bits per heavy atom. The topological polar surface area (TPSA) is 15.3 Å². The van der Waals surface area contributed by atoms with Gasteiger partial charge in [0.25, 0.3) is 0 Å². The molecule has 2 unspecified atom stereocenters. The third-order valence-corrected chi connectivity index (χ3v) is 3.90. The summed E-state index contributed by atoms with van der Waals surface area (Å²) in [5, 5.41) is 3.70. The van der Waals surface area contributed by atoms with Crippen LogP contribution in [0.2, 0.25) is 0 Å². The monoisotopic (exact) mass is 226 g/mol. The fourth-order valence-corrected chi connectivity index (χ4v) is 3.17. The maximum atomic E-state index is 3.70. The van der Waals surface area contributed by atoms with Gasteiger partial charge in [-0.3, -0.25) is 4.90 Å². The summed E-state index contributed by atoms with van der Waals surface area (Å²) >= 11 is 0. The molecule has 0 heterocycles. The molecule has 0 aromatic rings. The summed E-state index contributed by atoms with van der Waals surface area (Å²) < 4.78 is 0. The minimum absolute atomic E-state index is 0.675. The predicted molar refractivity (Wildman–Crippen MR) is 71.9 cm³/mol. The summed E-state index contributed by atoms with van der Waals surface area (Å²) in [5.74, 6) is 0. The van der Waals surface area contributed by atoms with Crippen LogP contribution in [0, 0.1) is 0 Å². The molecule has 1 aliphatic rings. The number of hydrogen-bond donors (Lipinski definition) is 1. The van der Waals surface area contributed by atoms with Gasteiger partial charge >= 0.3 is 0 Å². The van der Waals surface area contributed by atoms with Gasteiger partial charge in [0.15, 0.2) is 0 Å². The van der Waals surface area contributed by atoms with E-state index in [4.69, 9.17) is 0 Å². The summed E-state index contributed by atoms with van der Waals surface area (Å²) in [6.45, 7) is 11.5.